The minimum absolute atomic E-state index is 0.108. The molecule has 1 atom stereocenters. The third-order valence-corrected chi connectivity index (χ3v) is 7.43. The van der Waals surface area contributed by atoms with Crippen molar-refractivity contribution in [2.45, 2.75) is 50.5 Å². The highest BCUT2D eigenvalue weighted by Gasteiger charge is 2.40. The molecule has 8 nitrogen and oxygen atoms in total. The Morgan fingerprint density at radius 1 is 1.14 bits per heavy atom. The van der Waals surface area contributed by atoms with Crippen molar-refractivity contribution < 1.29 is 27.1 Å². The summed E-state index contributed by atoms with van der Waals surface area (Å²) in [5.41, 5.74) is -0.239. The number of rotatable bonds is 5. The molecule has 192 valence electrons. The first-order valence-corrected chi connectivity index (χ1v) is 12.4. The molecule has 3 aromatic rings. The smallest absolute Gasteiger partial charge is 0.381 e. The van der Waals surface area contributed by atoms with Gasteiger partial charge in [-0.15, -0.1) is 0 Å². The molecular formula is C23H23F4N5O3S. The quantitative estimate of drug-likeness (QED) is 0.512. The van der Waals surface area contributed by atoms with Crippen LogP contribution < -0.4 is 15.8 Å². The first kappa shape index (κ1) is 24.6. The highest BCUT2D eigenvalue weighted by molar-refractivity contribution is 7.21. The molecule has 1 N–H and O–H groups in total. The molecule has 0 aliphatic carbocycles. The van der Waals surface area contributed by atoms with Crippen LogP contribution in [0, 0.1) is 5.82 Å². The van der Waals surface area contributed by atoms with Gasteiger partial charge in [-0.25, -0.2) is 14.4 Å². The van der Waals surface area contributed by atoms with Crippen LogP contribution in [0.15, 0.2) is 29.1 Å². The van der Waals surface area contributed by atoms with E-state index in [4.69, 9.17) is 4.74 Å². The van der Waals surface area contributed by atoms with Crippen molar-refractivity contribution >= 4 is 32.7 Å². The van der Waals surface area contributed by atoms with Gasteiger partial charge in [0.15, 0.2) is 15.5 Å². The molecule has 2 fully saturated rings. The topological polar surface area (TPSA) is 89.4 Å². The molecule has 13 heteroatoms. The van der Waals surface area contributed by atoms with Crippen LogP contribution in [0.25, 0.3) is 10.3 Å². The summed E-state index contributed by atoms with van der Waals surface area (Å²) in [5, 5.41) is 3.10. The summed E-state index contributed by atoms with van der Waals surface area (Å²) < 4.78 is 60.7. The monoisotopic (exact) mass is 525 g/mol. The molecule has 2 aliphatic heterocycles. The van der Waals surface area contributed by atoms with Crippen LogP contribution in [-0.4, -0.2) is 46.2 Å². The lowest BCUT2D eigenvalue weighted by Crippen LogP contribution is -2.43. The fourth-order valence-electron chi connectivity index (χ4n) is 4.66. The molecule has 1 aromatic carbocycles. The van der Waals surface area contributed by atoms with Crippen molar-refractivity contribution in [3.63, 3.8) is 0 Å². The molecule has 0 bridgehead atoms. The molecule has 2 aliphatic rings. The number of benzene rings is 1. The molecular weight excluding hydrogens is 502 g/mol. The highest BCUT2D eigenvalue weighted by Crippen LogP contribution is 2.36. The molecule has 2 saturated heterocycles. The van der Waals surface area contributed by atoms with Crippen molar-refractivity contribution in [3.8, 4) is 0 Å². The Hall–Kier alpha value is -3.06. The maximum atomic E-state index is 13.9. The maximum absolute atomic E-state index is 13.9. The standard InChI is InChI=1S/C23H23F4N5O3S/c24-14-5-3-13(4-6-14)12-28-18(33)16-2-1-9-31(16)22-29-17-19(36-22)30-21(23(25,26)27)32(20(17)34)15-7-10-35-11-8-15/h3-6,15-16H,1-2,7-12H2,(H,28,33). The van der Waals surface area contributed by atoms with Crippen molar-refractivity contribution in [1.29, 1.82) is 0 Å². The maximum Gasteiger partial charge on any atom is 0.449 e. The molecule has 0 radical (unpaired) electrons. The van der Waals surface area contributed by atoms with Gasteiger partial charge in [0.25, 0.3) is 5.56 Å². The largest absolute Gasteiger partial charge is 0.449 e. The number of aromatic nitrogens is 3. The summed E-state index contributed by atoms with van der Waals surface area (Å²) in [7, 11) is 0. The van der Waals surface area contributed by atoms with E-state index in [9.17, 15) is 27.2 Å². The third kappa shape index (κ3) is 4.81. The summed E-state index contributed by atoms with van der Waals surface area (Å²) in [6, 6.07) is 4.48. The predicted molar refractivity (Wildman–Crippen MR) is 124 cm³/mol. The Kier molecular flexibility index (Phi) is 6.68. The molecule has 2 aromatic heterocycles. The number of hydrogen-bond donors (Lipinski definition) is 1. The molecule has 5 rings (SSSR count). The van der Waals surface area contributed by atoms with Crippen LogP contribution >= 0.6 is 11.3 Å². The first-order chi connectivity index (χ1) is 17.2. The fraction of sp³-hybridized carbons (Fsp3) is 0.478. The van der Waals surface area contributed by atoms with Crippen molar-refractivity contribution in [3.05, 3.63) is 51.8 Å². The number of amides is 1. The molecule has 1 amide bonds. The SMILES string of the molecule is O=C(NCc1ccc(F)cc1)C1CCCN1c1nc2c(=O)n(C3CCOCC3)c(C(F)(F)F)nc2s1. The summed E-state index contributed by atoms with van der Waals surface area (Å²) in [6.45, 7) is 1.19. The minimum Gasteiger partial charge on any atom is -0.381 e. The van der Waals surface area contributed by atoms with Gasteiger partial charge in [-0.05, 0) is 43.4 Å². The number of nitrogens with one attached hydrogen (secondary N) is 1. The number of alkyl halides is 3. The van der Waals surface area contributed by atoms with Gasteiger partial charge in [0.1, 0.15) is 11.9 Å². The van der Waals surface area contributed by atoms with E-state index in [0.29, 0.717) is 24.0 Å². The zero-order valence-corrected chi connectivity index (χ0v) is 19.9. The number of fused-ring (bicyclic) bond motifs is 1. The van der Waals surface area contributed by atoms with Gasteiger partial charge in [0.05, 0.1) is 0 Å². The summed E-state index contributed by atoms with van der Waals surface area (Å²) in [4.78, 5) is 35.9. The van der Waals surface area contributed by atoms with E-state index >= 15 is 0 Å². The van der Waals surface area contributed by atoms with E-state index < -0.39 is 29.6 Å². The molecule has 0 spiro atoms. The van der Waals surface area contributed by atoms with Gasteiger partial charge >= 0.3 is 6.18 Å². The Balaban J connectivity index is 1.44. The van der Waals surface area contributed by atoms with Crippen LogP contribution in [0.5, 0.6) is 0 Å². The van der Waals surface area contributed by atoms with Crippen LogP contribution in [0.2, 0.25) is 0 Å². The molecule has 1 unspecified atom stereocenters. The highest BCUT2D eigenvalue weighted by atomic mass is 32.1. The second-order valence-corrected chi connectivity index (χ2v) is 9.75. The number of halogens is 4. The van der Waals surface area contributed by atoms with E-state index in [2.05, 4.69) is 15.3 Å². The number of ether oxygens (including phenoxy) is 1. The average molecular weight is 526 g/mol. The Morgan fingerprint density at radius 3 is 2.56 bits per heavy atom. The van der Waals surface area contributed by atoms with Crippen LogP contribution in [0.3, 0.4) is 0 Å². The van der Waals surface area contributed by atoms with Gasteiger partial charge < -0.3 is 15.0 Å². The first-order valence-electron chi connectivity index (χ1n) is 11.6. The average Bonchev–Trinajstić information content (AvgIpc) is 3.51. The number of nitrogens with zero attached hydrogens (tertiary/aromatic N) is 4. The number of carbonyl (C=O) groups excluding carboxylic acids is 1. The van der Waals surface area contributed by atoms with Crippen molar-refractivity contribution in [2.24, 2.45) is 0 Å². The van der Waals surface area contributed by atoms with Gasteiger partial charge in [0.2, 0.25) is 11.7 Å². The van der Waals surface area contributed by atoms with Gasteiger partial charge in [-0.3, -0.25) is 14.2 Å². The molecule has 0 saturated carbocycles. The van der Waals surface area contributed by atoms with Crippen molar-refractivity contribution in [2.75, 3.05) is 24.7 Å². The van der Waals surface area contributed by atoms with Crippen LogP contribution in [0.4, 0.5) is 22.7 Å². The van der Waals surface area contributed by atoms with E-state index in [1.165, 1.54) is 12.1 Å². The molecule has 36 heavy (non-hydrogen) atoms. The van der Waals surface area contributed by atoms with E-state index in [1.807, 2.05) is 0 Å². The zero-order chi connectivity index (χ0) is 25.4. The van der Waals surface area contributed by atoms with Crippen LogP contribution in [0.1, 0.15) is 43.1 Å². The number of hydrogen-bond acceptors (Lipinski definition) is 7. The predicted octanol–water partition coefficient (Wildman–Crippen LogP) is 3.65. The summed E-state index contributed by atoms with van der Waals surface area (Å²) >= 11 is 0.876. The Labute approximate surface area is 206 Å². The Morgan fingerprint density at radius 2 is 1.86 bits per heavy atom. The lowest BCUT2D eigenvalue weighted by Gasteiger charge is -2.26. The normalized spacial score (nSPS) is 19.2. The third-order valence-electron chi connectivity index (χ3n) is 6.45. The summed E-state index contributed by atoms with van der Waals surface area (Å²) in [6.07, 6.45) is -3.06. The molecule has 4 heterocycles. The number of anilines is 1. The second-order valence-electron chi connectivity index (χ2n) is 8.80. The second kappa shape index (κ2) is 9.77. The van der Waals surface area contributed by atoms with Gasteiger partial charge in [-0.2, -0.15) is 13.2 Å². The Bertz CT molecular complexity index is 1320. The van der Waals surface area contributed by atoms with Crippen molar-refractivity contribution in [1.82, 2.24) is 19.9 Å². The summed E-state index contributed by atoms with van der Waals surface area (Å²) in [5.74, 6) is -1.89. The van der Waals surface area contributed by atoms with E-state index in [1.54, 1.807) is 17.0 Å². The number of carbonyl (C=O) groups is 1. The lowest BCUT2D eigenvalue weighted by molar-refractivity contribution is -0.149. The minimum atomic E-state index is -4.81. The fourth-order valence-corrected chi connectivity index (χ4v) is 5.67. The lowest BCUT2D eigenvalue weighted by atomic mass is 10.1. The van der Waals surface area contributed by atoms with E-state index in [0.717, 1.165) is 16.9 Å². The van der Waals surface area contributed by atoms with Gasteiger partial charge in [-0.1, -0.05) is 23.5 Å². The number of thiazole rings is 1. The zero-order valence-electron chi connectivity index (χ0n) is 19.1. The van der Waals surface area contributed by atoms with Crippen LogP contribution in [-0.2, 0) is 22.3 Å². The van der Waals surface area contributed by atoms with Gasteiger partial charge in [0, 0.05) is 32.3 Å². The van der Waals surface area contributed by atoms with E-state index in [-0.39, 0.29) is 59.8 Å².